The highest BCUT2D eigenvalue weighted by Crippen LogP contribution is 2.44. The predicted molar refractivity (Wildman–Crippen MR) is 138 cm³/mol. The number of amides is 1. The molecule has 0 spiro atoms. The lowest BCUT2D eigenvalue weighted by atomic mass is 10.0. The van der Waals surface area contributed by atoms with E-state index in [1.807, 2.05) is 73.7 Å². The quantitative estimate of drug-likeness (QED) is 0.354. The van der Waals surface area contributed by atoms with Crippen LogP contribution in [-0.4, -0.2) is 28.4 Å². The summed E-state index contributed by atoms with van der Waals surface area (Å²) in [5.74, 6) is 1.29. The molecule has 1 saturated carbocycles. The van der Waals surface area contributed by atoms with E-state index in [9.17, 15) is 9.59 Å². The van der Waals surface area contributed by atoms with Crippen LogP contribution in [0.2, 0.25) is 0 Å². The van der Waals surface area contributed by atoms with Gasteiger partial charge in [-0.3, -0.25) is 9.59 Å². The van der Waals surface area contributed by atoms with Gasteiger partial charge in [0, 0.05) is 24.1 Å². The summed E-state index contributed by atoms with van der Waals surface area (Å²) in [6.45, 7) is 3.52. The van der Waals surface area contributed by atoms with Gasteiger partial charge < -0.3 is 19.5 Å². The molecule has 0 saturated heterocycles. The number of ether oxygens (including phenoxy) is 3. The van der Waals surface area contributed by atoms with Crippen molar-refractivity contribution in [1.29, 1.82) is 0 Å². The molecule has 1 N–H and O–H groups in total. The first-order valence-electron chi connectivity index (χ1n) is 12.2. The first kappa shape index (κ1) is 22.8. The summed E-state index contributed by atoms with van der Waals surface area (Å²) in [6, 6.07) is 20.9. The van der Waals surface area contributed by atoms with Gasteiger partial charge in [0.2, 0.25) is 18.6 Å². The maximum atomic E-state index is 12.2. The van der Waals surface area contributed by atoms with Gasteiger partial charge in [-0.25, -0.2) is 0 Å². The zero-order chi connectivity index (χ0) is 25.5. The number of carbonyl (C=O) groups is 2. The summed E-state index contributed by atoms with van der Waals surface area (Å²) >= 11 is 0. The lowest BCUT2D eigenvalue weighted by Gasteiger charge is -2.11. The van der Waals surface area contributed by atoms with Crippen molar-refractivity contribution in [2.24, 2.45) is 5.92 Å². The molecule has 1 aliphatic heterocycles. The van der Waals surface area contributed by atoms with Crippen LogP contribution in [0.5, 0.6) is 17.4 Å². The fourth-order valence-electron chi connectivity index (χ4n) is 4.38. The zero-order valence-electron chi connectivity index (χ0n) is 20.5. The Bertz CT molecular complexity index is 1520. The Hall–Kier alpha value is -4.59. The largest absolute Gasteiger partial charge is 0.454 e. The Balaban J connectivity index is 1.51. The predicted octanol–water partition coefficient (Wildman–Crippen LogP) is 5.52. The summed E-state index contributed by atoms with van der Waals surface area (Å²) in [5.41, 5.74) is 5.35. The molecule has 3 aromatic carbocycles. The van der Waals surface area contributed by atoms with Crippen LogP contribution < -0.4 is 19.5 Å². The van der Waals surface area contributed by atoms with Gasteiger partial charge in [0.05, 0.1) is 11.3 Å². The van der Waals surface area contributed by atoms with Gasteiger partial charge in [0.1, 0.15) is 5.69 Å². The topological polar surface area (TPSA) is 91.7 Å². The Morgan fingerprint density at radius 2 is 1.73 bits per heavy atom. The molecule has 1 amide bonds. The molecule has 2 heterocycles. The highest BCUT2D eigenvalue weighted by Gasteiger charge is 2.30. The van der Waals surface area contributed by atoms with E-state index in [2.05, 4.69) is 5.32 Å². The first-order valence-corrected chi connectivity index (χ1v) is 12.2. The Morgan fingerprint density at radius 3 is 2.46 bits per heavy atom. The van der Waals surface area contributed by atoms with E-state index in [0.29, 0.717) is 34.3 Å². The summed E-state index contributed by atoms with van der Waals surface area (Å²) < 4.78 is 18.5. The van der Waals surface area contributed by atoms with E-state index in [1.54, 1.807) is 4.68 Å². The third kappa shape index (κ3) is 4.53. The summed E-state index contributed by atoms with van der Waals surface area (Å²) in [6.07, 6.45) is 1.87. The van der Waals surface area contributed by atoms with Crippen LogP contribution in [0.15, 0.2) is 66.7 Å². The number of aromatic nitrogens is 2. The Morgan fingerprint density at radius 1 is 0.973 bits per heavy atom. The number of nitrogens with zero attached hydrogens (tertiary/aromatic N) is 2. The number of benzene rings is 3. The number of carbonyl (C=O) groups excluding carboxylic acids is 2. The van der Waals surface area contributed by atoms with Crippen LogP contribution in [-0.2, 0) is 9.59 Å². The highest BCUT2D eigenvalue weighted by molar-refractivity contribution is 5.95. The van der Waals surface area contributed by atoms with Gasteiger partial charge in [0.15, 0.2) is 11.5 Å². The molecule has 1 aromatic heterocycles. The minimum Gasteiger partial charge on any atom is -0.454 e. The molecule has 6 rings (SSSR count). The second-order valence-electron chi connectivity index (χ2n) is 9.28. The van der Waals surface area contributed by atoms with Crippen molar-refractivity contribution < 1.29 is 23.8 Å². The molecular formula is C29H25N3O5. The SMILES string of the molecule is CC(=O)Oc1c(-c2ccc(NC(=O)C3CC3)cc2)c(-c2ccc3c(c2)OCO3)nn1-c1cccc(C)c1. The van der Waals surface area contributed by atoms with Gasteiger partial charge in [-0.1, -0.05) is 24.3 Å². The van der Waals surface area contributed by atoms with Gasteiger partial charge >= 0.3 is 5.97 Å². The molecule has 8 nitrogen and oxygen atoms in total. The molecule has 0 radical (unpaired) electrons. The molecule has 186 valence electrons. The molecule has 0 atom stereocenters. The maximum absolute atomic E-state index is 12.2. The standard InChI is InChI=1S/C29H25N3O5/c1-17-4-3-5-23(14-17)32-29(37-18(2)33)26(19-8-11-22(12-9-19)30-28(34)20-6-7-20)27(31-32)21-10-13-24-25(15-21)36-16-35-24/h3-5,8-15,20H,6-7,16H2,1-2H3,(H,30,34). The smallest absolute Gasteiger partial charge is 0.309 e. The average molecular weight is 496 g/mol. The second-order valence-corrected chi connectivity index (χ2v) is 9.28. The van der Waals surface area contributed by atoms with E-state index < -0.39 is 5.97 Å². The number of aryl methyl sites for hydroxylation is 1. The van der Waals surface area contributed by atoms with E-state index in [0.717, 1.165) is 35.2 Å². The molecule has 1 aliphatic carbocycles. The zero-order valence-corrected chi connectivity index (χ0v) is 20.5. The molecule has 0 unspecified atom stereocenters. The highest BCUT2D eigenvalue weighted by atomic mass is 16.7. The minimum atomic E-state index is -0.458. The van der Waals surface area contributed by atoms with Crippen LogP contribution in [0.1, 0.15) is 25.3 Å². The van der Waals surface area contributed by atoms with Gasteiger partial charge in [-0.05, 0) is 73.4 Å². The van der Waals surface area contributed by atoms with Crippen molar-refractivity contribution >= 4 is 17.6 Å². The van der Waals surface area contributed by atoms with E-state index >= 15 is 0 Å². The number of nitrogens with one attached hydrogen (secondary N) is 1. The monoisotopic (exact) mass is 495 g/mol. The number of anilines is 1. The van der Waals surface area contributed by atoms with Crippen LogP contribution >= 0.6 is 0 Å². The molecule has 2 aliphatic rings. The third-order valence-electron chi connectivity index (χ3n) is 6.36. The van der Waals surface area contributed by atoms with Gasteiger partial charge in [-0.2, -0.15) is 9.78 Å². The number of hydrogen-bond acceptors (Lipinski definition) is 6. The van der Waals surface area contributed by atoms with Gasteiger partial charge in [0.25, 0.3) is 0 Å². The van der Waals surface area contributed by atoms with E-state index in [4.69, 9.17) is 19.3 Å². The van der Waals surface area contributed by atoms with Crippen molar-refractivity contribution in [3.05, 3.63) is 72.3 Å². The van der Waals surface area contributed by atoms with E-state index in [-0.39, 0.29) is 18.6 Å². The molecule has 8 heteroatoms. The summed E-state index contributed by atoms with van der Waals surface area (Å²) in [4.78, 5) is 24.5. The normalized spacial score (nSPS) is 13.9. The Labute approximate surface area is 213 Å². The van der Waals surface area contributed by atoms with Crippen molar-refractivity contribution in [1.82, 2.24) is 9.78 Å². The lowest BCUT2D eigenvalue weighted by molar-refractivity contribution is -0.132. The lowest BCUT2D eigenvalue weighted by Crippen LogP contribution is -2.13. The van der Waals surface area contributed by atoms with Crippen molar-refractivity contribution in [3.63, 3.8) is 0 Å². The number of esters is 1. The van der Waals surface area contributed by atoms with Crippen molar-refractivity contribution in [2.75, 3.05) is 12.1 Å². The van der Waals surface area contributed by atoms with Gasteiger partial charge in [-0.15, -0.1) is 0 Å². The molecule has 1 fully saturated rings. The third-order valence-corrected chi connectivity index (χ3v) is 6.36. The number of rotatable bonds is 6. The van der Waals surface area contributed by atoms with Crippen LogP contribution in [0, 0.1) is 12.8 Å². The minimum absolute atomic E-state index is 0.0432. The number of hydrogen-bond donors (Lipinski definition) is 1. The maximum Gasteiger partial charge on any atom is 0.309 e. The van der Waals surface area contributed by atoms with Crippen molar-refractivity contribution in [3.8, 4) is 45.5 Å². The average Bonchev–Trinajstić information content (AvgIpc) is 3.53. The van der Waals surface area contributed by atoms with E-state index in [1.165, 1.54) is 6.92 Å². The first-order chi connectivity index (χ1) is 18.0. The van der Waals surface area contributed by atoms with Crippen LogP contribution in [0.4, 0.5) is 5.69 Å². The fourth-order valence-corrected chi connectivity index (χ4v) is 4.38. The Kier molecular flexibility index (Phi) is 5.64. The second kappa shape index (κ2) is 9.13. The fraction of sp³-hybridized carbons (Fsp3) is 0.207. The molecule has 0 bridgehead atoms. The van der Waals surface area contributed by atoms with Crippen molar-refractivity contribution in [2.45, 2.75) is 26.7 Å². The van der Waals surface area contributed by atoms with Crippen LogP contribution in [0.3, 0.4) is 0 Å². The summed E-state index contributed by atoms with van der Waals surface area (Å²) in [7, 11) is 0. The van der Waals surface area contributed by atoms with Crippen LogP contribution in [0.25, 0.3) is 28.1 Å². The summed E-state index contributed by atoms with van der Waals surface area (Å²) in [5, 5.41) is 7.89. The molecular weight excluding hydrogens is 470 g/mol. The molecule has 37 heavy (non-hydrogen) atoms. The number of fused-ring (bicyclic) bond motifs is 1. The molecule has 4 aromatic rings.